The molecule has 0 saturated heterocycles. The summed E-state index contributed by atoms with van der Waals surface area (Å²) < 4.78 is 0. The van der Waals surface area contributed by atoms with Crippen molar-refractivity contribution in [1.29, 1.82) is 0 Å². The average Bonchev–Trinajstić information content (AvgIpc) is 1.85. The first-order valence-electron chi connectivity index (χ1n) is 3.35. The van der Waals surface area contributed by atoms with E-state index in [9.17, 15) is 9.59 Å². The van der Waals surface area contributed by atoms with E-state index in [1.807, 2.05) is 0 Å². The van der Waals surface area contributed by atoms with Gasteiger partial charge in [0.15, 0.2) is 0 Å². The fourth-order valence-corrected chi connectivity index (χ4v) is 0.686. The number of nitrogens with two attached hydrogens (primary N) is 1. The lowest BCUT2D eigenvalue weighted by Gasteiger charge is -2.04. The van der Waals surface area contributed by atoms with E-state index in [-0.39, 0.29) is 18.0 Å². The molecule has 0 rings (SSSR count). The first kappa shape index (κ1) is 9.30. The van der Waals surface area contributed by atoms with Crippen LogP contribution in [0.4, 0.5) is 0 Å². The fraction of sp³-hybridized carbons (Fsp3) is 0.714. The van der Waals surface area contributed by atoms with Crippen LogP contribution < -0.4 is 5.73 Å². The van der Waals surface area contributed by atoms with Crippen LogP contribution in [0.2, 0.25) is 0 Å². The summed E-state index contributed by atoms with van der Waals surface area (Å²) in [5, 5.41) is 0. The molecule has 0 aliphatic rings. The summed E-state index contributed by atoms with van der Waals surface area (Å²) in [6.45, 7) is 3.17. The van der Waals surface area contributed by atoms with Gasteiger partial charge in [0, 0.05) is 12.8 Å². The minimum absolute atomic E-state index is 0.0331. The summed E-state index contributed by atoms with van der Waals surface area (Å²) in [6.07, 6.45) is 0.584. The molecule has 0 fully saturated rings. The van der Waals surface area contributed by atoms with Gasteiger partial charge >= 0.3 is 0 Å². The first-order chi connectivity index (χ1) is 4.57. The van der Waals surface area contributed by atoms with Crippen molar-refractivity contribution in [3.8, 4) is 0 Å². The van der Waals surface area contributed by atoms with Crippen molar-refractivity contribution in [3.63, 3.8) is 0 Å². The van der Waals surface area contributed by atoms with Gasteiger partial charge in [0.2, 0.25) is 0 Å². The summed E-state index contributed by atoms with van der Waals surface area (Å²) in [6, 6.07) is -0.581. The van der Waals surface area contributed by atoms with Gasteiger partial charge in [-0.25, -0.2) is 0 Å². The van der Waals surface area contributed by atoms with E-state index in [0.29, 0.717) is 6.42 Å². The summed E-state index contributed by atoms with van der Waals surface area (Å²) in [4.78, 5) is 21.2. The van der Waals surface area contributed by atoms with E-state index in [2.05, 4.69) is 0 Å². The highest BCUT2D eigenvalue weighted by Crippen LogP contribution is 1.94. The molecule has 10 heavy (non-hydrogen) atoms. The van der Waals surface area contributed by atoms with Crippen LogP contribution in [0, 0.1) is 0 Å². The third-order valence-corrected chi connectivity index (χ3v) is 1.27. The van der Waals surface area contributed by atoms with Gasteiger partial charge < -0.3 is 5.73 Å². The second kappa shape index (κ2) is 4.17. The minimum Gasteiger partial charge on any atom is -0.321 e. The van der Waals surface area contributed by atoms with Crippen molar-refractivity contribution >= 4 is 11.6 Å². The number of hydrogen-bond acceptors (Lipinski definition) is 3. The molecule has 0 aliphatic heterocycles. The molecule has 0 radical (unpaired) electrons. The van der Waals surface area contributed by atoms with Crippen LogP contribution in [0.3, 0.4) is 0 Å². The molecule has 0 aromatic rings. The Morgan fingerprint density at radius 2 is 2.00 bits per heavy atom. The minimum atomic E-state index is -0.581. The number of rotatable bonds is 4. The van der Waals surface area contributed by atoms with Gasteiger partial charge in [0.05, 0.1) is 6.04 Å². The Hall–Kier alpha value is -0.700. The Labute approximate surface area is 60.6 Å². The fourth-order valence-electron chi connectivity index (χ4n) is 0.686. The molecule has 0 heterocycles. The van der Waals surface area contributed by atoms with E-state index in [4.69, 9.17) is 5.73 Å². The Morgan fingerprint density at radius 1 is 1.50 bits per heavy atom. The van der Waals surface area contributed by atoms with Gasteiger partial charge in [-0.1, -0.05) is 6.92 Å². The quantitative estimate of drug-likeness (QED) is 0.614. The molecule has 2 N–H and O–H groups in total. The predicted molar refractivity (Wildman–Crippen MR) is 38.6 cm³/mol. The molecule has 0 aromatic carbocycles. The lowest BCUT2D eigenvalue weighted by Crippen LogP contribution is -2.31. The van der Waals surface area contributed by atoms with Crippen LogP contribution in [0.5, 0.6) is 0 Å². The molecule has 0 saturated carbocycles. The Morgan fingerprint density at radius 3 is 2.30 bits per heavy atom. The maximum Gasteiger partial charge on any atom is 0.149 e. The van der Waals surface area contributed by atoms with E-state index in [1.54, 1.807) is 6.92 Å². The molecule has 0 aliphatic carbocycles. The van der Waals surface area contributed by atoms with E-state index < -0.39 is 6.04 Å². The van der Waals surface area contributed by atoms with Crippen molar-refractivity contribution in [2.75, 3.05) is 0 Å². The molecule has 3 heteroatoms. The lowest BCUT2D eigenvalue weighted by atomic mass is 10.1. The van der Waals surface area contributed by atoms with Gasteiger partial charge in [-0.15, -0.1) is 0 Å². The second-order valence-electron chi connectivity index (χ2n) is 2.33. The SMILES string of the molecule is CCC(=O)C(N)CC(C)=O. The van der Waals surface area contributed by atoms with Crippen LogP contribution in [-0.2, 0) is 9.59 Å². The highest BCUT2D eigenvalue weighted by molar-refractivity contribution is 5.89. The number of Topliss-reactive ketones (excluding diaryl/α,β-unsaturated/α-hetero) is 2. The van der Waals surface area contributed by atoms with Gasteiger partial charge in [-0.3, -0.25) is 9.59 Å². The zero-order valence-corrected chi connectivity index (χ0v) is 6.39. The van der Waals surface area contributed by atoms with E-state index >= 15 is 0 Å². The monoisotopic (exact) mass is 143 g/mol. The zero-order chi connectivity index (χ0) is 8.15. The molecule has 58 valence electrons. The predicted octanol–water partition coefficient (Wildman–Crippen LogP) is 0.272. The lowest BCUT2D eigenvalue weighted by molar-refractivity contribution is -0.124. The molecular weight excluding hydrogens is 130 g/mol. The van der Waals surface area contributed by atoms with Crippen LogP contribution in [0.1, 0.15) is 26.7 Å². The summed E-state index contributed by atoms with van der Waals surface area (Å²) >= 11 is 0. The van der Waals surface area contributed by atoms with Crippen molar-refractivity contribution in [2.24, 2.45) is 5.73 Å². The van der Waals surface area contributed by atoms with Gasteiger partial charge in [0.1, 0.15) is 11.6 Å². The third-order valence-electron chi connectivity index (χ3n) is 1.27. The Balaban J connectivity index is 3.72. The van der Waals surface area contributed by atoms with Crippen molar-refractivity contribution in [3.05, 3.63) is 0 Å². The van der Waals surface area contributed by atoms with Crippen molar-refractivity contribution in [1.82, 2.24) is 0 Å². The number of ketones is 2. The molecule has 0 bridgehead atoms. The van der Waals surface area contributed by atoms with Gasteiger partial charge in [-0.05, 0) is 6.92 Å². The summed E-state index contributed by atoms with van der Waals surface area (Å²) in [7, 11) is 0. The van der Waals surface area contributed by atoms with Gasteiger partial charge in [-0.2, -0.15) is 0 Å². The number of carbonyl (C=O) groups is 2. The van der Waals surface area contributed by atoms with Crippen LogP contribution >= 0.6 is 0 Å². The molecule has 1 atom stereocenters. The summed E-state index contributed by atoms with van der Waals surface area (Å²) in [5.74, 6) is -0.0792. The maximum atomic E-state index is 10.8. The Kier molecular flexibility index (Phi) is 3.88. The first-order valence-corrected chi connectivity index (χ1v) is 3.35. The second-order valence-corrected chi connectivity index (χ2v) is 2.33. The smallest absolute Gasteiger partial charge is 0.149 e. The van der Waals surface area contributed by atoms with Crippen LogP contribution in [-0.4, -0.2) is 17.6 Å². The van der Waals surface area contributed by atoms with Crippen molar-refractivity contribution < 1.29 is 9.59 Å². The van der Waals surface area contributed by atoms with Crippen molar-refractivity contribution in [2.45, 2.75) is 32.7 Å². The molecular formula is C7H13NO2. The highest BCUT2D eigenvalue weighted by Gasteiger charge is 2.12. The molecule has 0 spiro atoms. The molecule has 3 nitrogen and oxygen atoms in total. The van der Waals surface area contributed by atoms with Crippen LogP contribution in [0.25, 0.3) is 0 Å². The molecule has 1 unspecified atom stereocenters. The topological polar surface area (TPSA) is 60.2 Å². The zero-order valence-electron chi connectivity index (χ0n) is 6.39. The molecule has 0 amide bonds. The third kappa shape index (κ3) is 3.35. The highest BCUT2D eigenvalue weighted by atomic mass is 16.1. The van der Waals surface area contributed by atoms with E-state index in [1.165, 1.54) is 6.92 Å². The maximum absolute atomic E-state index is 10.8. The standard InChI is InChI=1S/C7H13NO2/c1-3-7(10)6(8)4-5(2)9/h6H,3-4,8H2,1-2H3. The number of carbonyl (C=O) groups excluding carboxylic acids is 2. The molecule has 0 aromatic heterocycles. The average molecular weight is 143 g/mol. The van der Waals surface area contributed by atoms with Crippen LogP contribution in [0.15, 0.2) is 0 Å². The van der Waals surface area contributed by atoms with Gasteiger partial charge in [0.25, 0.3) is 0 Å². The van der Waals surface area contributed by atoms with E-state index in [0.717, 1.165) is 0 Å². The normalized spacial score (nSPS) is 12.7. The number of hydrogen-bond donors (Lipinski definition) is 1. The largest absolute Gasteiger partial charge is 0.321 e. The summed E-state index contributed by atoms with van der Waals surface area (Å²) in [5.41, 5.74) is 5.36. The Bertz CT molecular complexity index is 143.